The van der Waals surface area contributed by atoms with Crippen LogP contribution in [0, 0.1) is 0 Å². The van der Waals surface area contributed by atoms with E-state index in [0.717, 1.165) is 13.0 Å². The molecule has 3 nitrogen and oxygen atoms in total. The molecule has 0 aromatic rings. The molecular formula is C4H6O3. The van der Waals surface area contributed by atoms with E-state index in [0.29, 0.717) is 0 Å². The number of fused-ring (bicyclic) bond motifs is 1. The van der Waals surface area contributed by atoms with E-state index in [2.05, 4.69) is 9.78 Å². The van der Waals surface area contributed by atoms with E-state index in [9.17, 15) is 0 Å². The Morgan fingerprint density at radius 3 is 2.57 bits per heavy atom. The van der Waals surface area contributed by atoms with Gasteiger partial charge in [0.1, 0.15) is 6.10 Å². The molecule has 2 unspecified atom stereocenters. The number of rotatable bonds is 0. The Labute approximate surface area is 41.1 Å². The fourth-order valence-corrected chi connectivity index (χ4v) is 0.799. The van der Waals surface area contributed by atoms with Crippen molar-refractivity contribution < 1.29 is 14.5 Å². The molecule has 0 radical (unpaired) electrons. The van der Waals surface area contributed by atoms with Crippen LogP contribution in [0.2, 0.25) is 0 Å². The fraction of sp³-hybridized carbons (Fsp3) is 1.00. The number of ether oxygens (including phenoxy) is 1. The Bertz CT molecular complexity index is 73.0. The van der Waals surface area contributed by atoms with Gasteiger partial charge in [0.25, 0.3) is 0 Å². The van der Waals surface area contributed by atoms with Gasteiger partial charge in [-0.15, -0.1) is 0 Å². The van der Waals surface area contributed by atoms with Crippen molar-refractivity contribution in [2.45, 2.75) is 18.8 Å². The minimum absolute atomic E-state index is 0.0278. The van der Waals surface area contributed by atoms with Crippen LogP contribution in [-0.2, 0) is 14.5 Å². The zero-order chi connectivity index (χ0) is 4.69. The summed E-state index contributed by atoms with van der Waals surface area (Å²) in [5.41, 5.74) is 0. The highest BCUT2D eigenvalue weighted by molar-refractivity contribution is 4.71. The monoisotopic (exact) mass is 102 g/mol. The summed E-state index contributed by atoms with van der Waals surface area (Å²) in [5.74, 6) is 0. The highest BCUT2D eigenvalue weighted by Gasteiger charge is 2.40. The summed E-state index contributed by atoms with van der Waals surface area (Å²) in [4.78, 5) is 9.16. The van der Waals surface area contributed by atoms with Crippen molar-refractivity contribution in [2.24, 2.45) is 0 Å². The second-order valence-corrected chi connectivity index (χ2v) is 1.76. The molecule has 0 N–H and O–H groups in total. The van der Waals surface area contributed by atoms with Gasteiger partial charge >= 0.3 is 0 Å². The van der Waals surface area contributed by atoms with Gasteiger partial charge < -0.3 is 4.74 Å². The van der Waals surface area contributed by atoms with Crippen LogP contribution in [0.25, 0.3) is 0 Å². The molecule has 3 heteroatoms. The molecule has 2 saturated heterocycles. The molecule has 0 bridgehead atoms. The Morgan fingerprint density at radius 1 is 1.29 bits per heavy atom. The highest BCUT2D eigenvalue weighted by atomic mass is 17.3. The summed E-state index contributed by atoms with van der Waals surface area (Å²) >= 11 is 0. The molecule has 2 heterocycles. The van der Waals surface area contributed by atoms with Crippen molar-refractivity contribution in [3.05, 3.63) is 0 Å². The summed E-state index contributed by atoms with van der Waals surface area (Å²) in [7, 11) is 0. The van der Waals surface area contributed by atoms with Gasteiger partial charge in [0.05, 0.1) is 6.61 Å². The average molecular weight is 102 g/mol. The van der Waals surface area contributed by atoms with Crippen molar-refractivity contribution in [3.8, 4) is 0 Å². The van der Waals surface area contributed by atoms with Crippen LogP contribution in [0.3, 0.4) is 0 Å². The first-order valence-electron chi connectivity index (χ1n) is 2.40. The minimum Gasteiger partial charge on any atom is -0.347 e. The summed E-state index contributed by atoms with van der Waals surface area (Å²) in [5, 5.41) is 0. The standard InChI is InChI=1S/C4H6O3/c1-2-5-4-3(1)6-7-4/h3-4H,1-2H2. The molecule has 0 aromatic carbocycles. The Kier molecular flexibility index (Phi) is 0.647. The first-order valence-corrected chi connectivity index (χ1v) is 2.40. The van der Waals surface area contributed by atoms with Crippen LogP contribution in [0.15, 0.2) is 0 Å². The Morgan fingerprint density at radius 2 is 2.29 bits per heavy atom. The van der Waals surface area contributed by atoms with Gasteiger partial charge in [0, 0.05) is 6.42 Å². The molecule has 0 amide bonds. The lowest BCUT2D eigenvalue weighted by Crippen LogP contribution is -2.38. The van der Waals surface area contributed by atoms with E-state index < -0.39 is 0 Å². The highest BCUT2D eigenvalue weighted by Crippen LogP contribution is 2.26. The van der Waals surface area contributed by atoms with Gasteiger partial charge in [-0.3, -0.25) is 0 Å². The van der Waals surface area contributed by atoms with E-state index >= 15 is 0 Å². The van der Waals surface area contributed by atoms with Crippen LogP contribution >= 0.6 is 0 Å². The fourth-order valence-electron chi connectivity index (χ4n) is 0.799. The van der Waals surface area contributed by atoms with Gasteiger partial charge in [-0.25, -0.2) is 9.78 Å². The molecule has 2 aliphatic rings. The summed E-state index contributed by atoms with van der Waals surface area (Å²) in [6.45, 7) is 0.787. The maximum absolute atomic E-state index is 5.00. The van der Waals surface area contributed by atoms with Crippen LogP contribution in [0.5, 0.6) is 0 Å². The molecule has 0 saturated carbocycles. The van der Waals surface area contributed by atoms with Crippen molar-refractivity contribution in [1.29, 1.82) is 0 Å². The van der Waals surface area contributed by atoms with Crippen molar-refractivity contribution in [1.82, 2.24) is 0 Å². The van der Waals surface area contributed by atoms with Crippen LogP contribution in [0.1, 0.15) is 6.42 Å². The molecule has 0 aromatic heterocycles. The van der Waals surface area contributed by atoms with Gasteiger partial charge in [-0.05, 0) is 0 Å². The van der Waals surface area contributed by atoms with E-state index in [1.807, 2.05) is 0 Å². The zero-order valence-corrected chi connectivity index (χ0v) is 3.79. The second-order valence-electron chi connectivity index (χ2n) is 1.76. The molecular weight excluding hydrogens is 96.0 g/mol. The SMILES string of the molecule is C1CC2OOC2O1. The third-order valence-corrected chi connectivity index (χ3v) is 1.26. The Balaban J connectivity index is 2.03. The first-order chi connectivity index (χ1) is 3.47. The molecule has 2 fully saturated rings. The third kappa shape index (κ3) is 0.400. The summed E-state index contributed by atoms with van der Waals surface area (Å²) in [6, 6.07) is 0. The van der Waals surface area contributed by atoms with Crippen molar-refractivity contribution >= 4 is 0 Å². The number of hydrogen-bond acceptors (Lipinski definition) is 3. The predicted octanol–water partition coefficient (Wildman–Crippen LogP) is 0.0632. The smallest absolute Gasteiger partial charge is 0.221 e. The molecule has 0 spiro atoms. The van der Waals surface area contributed by atoms with Gasteiger partial charge in [-0.1, -0.05) is 0 Å². The van der Waals surface area contributed by atoms with Gasteiger partial charge in [0.15, 0.2) is 0 Å². The van der Waals surface area contributed by atoms with Crippen molar-refractivity contribution in [3.63, 3.8) is 0 Å². The molecule has 2 aliphatic heterocycles. The van der Waals surface area contributed by atoms with Crippen LogP contribution in [-0.4, -0.2) is 19.0 Å². The molecule has 2 rings (SSSR count). The van der Waals surface area contributed by atoms with E-state index in [4.69, 9.17) is 4.74 Å². The Hall–Kier alpha value is -0.120. The minimum atomic E-state index is -0.0278. The van der Waals surface area contributed by atoms with Crippen LogP contribution < -0.4 is 0 Å². The largest absolute Gasteiger partial charge is 0.347 e. The van der Waals surface area contributed by atoms with E-state index in [-0.39, 0.29) is 12.4 Å². The maximum atomic E-state index is 5.00. The van der Waals surface area contributed by atoms with Gasteiger partial charge in [-0.2, -0.15) is 0 Å². The molecule has 40 valence electrons. The lowest BCUT2D eigenvalue weighted by molar-refractivity contribution is -0.498. The van der Waals surface area contributed by atoms with Crippen LogP contribution in [0.4, 0.5) is 0 Å². The topological polar surface area (TPSA) is 27.7 Å². The van der Waals surface area contributed by atoms with Crippen molar-refractivity contribution in [2.75, 3.05) is 6.61 Å². The summed E-state index contributed by atoms with van der Waals surface area (Å²) in [6.07, 6.45) is 1.21. The predicted molar refractivity (Wildman–Crippen MR) is 20.3 cm³/mol. The molecule has 2 atom stereocenters. The zero-order valence-electron chi connectivity index (χ0n) is 3.79. The molecule has 7 heavy (non-hydrogen) atoms. The lowest BCUT2D eigenvalue weighted by Gasteiger charge is -2.26. The normalized spacial score (nSPS) is 48.0. The van der Waals surface area contributed by atoms with E-state index in [1.54, 1.807) is 0 Å². The van der Waals surface area contributed by atoms with E-state index in [1.165, 1.54) is 0 Å². The second kappa shape index (κ2) is 1.18. The number of hydrogen-bond donors (Lipinski definition) is 0. The quantitative estimate of drug-likeness (QED) is 0.405. The third-order valence-electron chi connectivity index (χ3n) is 1.26. The lowest BCUT2D eigenvalue weighted by atomic mass is 10.3. The van der Waals surface area contributed by atoms with Gasteiger partial charge in [0.2, 0.25) is 6.29 Å². The maximum Gasteiger partial charge on any atom is 0.221 e. The summed E-state index contributed by atoms with van der Waals surface area (Å²) < 4.78 is 5.00. The average Bonchev–Trinajstić information content (AvgIpc) is 1.85. The first kappa shape index (κ1) is 3.83. The molecule has 0 aliphatic carbocycles.